The summed E-state index contributed by atoms with van der Waals surface area (Å²) in [6.07, 6.45) is 0. The summed E-state index contributed by atoms with van der Waals surface area (Å²) in [5.41, 5.74) is 0. The first-order chi connectivity index (χ1) is 9.22. The molecule has 0 saturated carbocycles. The van der Waals surface area contributed by atoms with Crippen molar-refractivity contribution >= 4 is 15.9 Å². The Kier molecular flexibility index (Phi) is 8.82. The van der Waals surface area contributed by atoms with Crippen LogP contribution in [0.2, 0.25) is 0 Å². The smallest absolute Gasteiger partial charge is 0.119 e. The Labute approximate surface area is 124 Å². The molecule has 1 aromatic rings. The van der Waals surface area contributed by atoms with Crippen LogP contribution >= 0.6 is 15.9 Å². The highest BCUT2D eigenvalue weighted by Gasteiger charge is 1.99. The summed E-state index contributed by atoms with van der Waals surface area (Å²) in [6, 6.07) is 7.91. The Morgan fingerprint density at radius 1 is 1.11 bits per heavy atom. The first-order valence-corrected chi connectivity index (χ1v) is 7.28. The van der Waals surface area contributed by atoms with Gasteiger partial charge in [-0.1, -0.05) is 15.9 Å². The van der Waals surface area contributed by atoms with Crippen LogP contribution < -0.4 is 10.1 Å². The van der Waals surface area contributed by atoms with Crippen LogP contribution in [-0.2, 0) is 4.74 Å². The van der Waals surface area contributed by atoms with Gasteiger partial charge in [-0.05, 0) is 31.3 Å². The van der Waals surface area contributed by atoms with Gasteiger partial charge >= 0.3 is 0 Å². The Hall–Kier alpha value is -0.620. The molecule has 0 radical (unpaired) electrons. The Morgan fingerprint density at radius 2 is 1.84 bits per heavy atom. The van der Waals surface area contributed by atoms with Gasteiger partial charge in [0.25, 0.3) is 0 Å². The predicted octanol–water partition coefficient (Wildman–Crippen LogP) is 2.00. The Morgan fingerprint density at radius 3 is 2.53 bits per heavy atom. The fourth-order valence-electron chi connectivity index (χ4n) is 1.53. The van der Waals surface area contributed by atoms with E-state index in [0.717, 1.165) is 43.0 Å². The molecule has 0 heterocycles. The maximum Gasteiger partial charge on any atom is 0.119 e. The molecular formula is C14H23BrN2O2. The third kappa shape index (κ3) is 8.21. The largest absolute Gasteiger partial charge is 0.492 e. The molecule has 0 unspecified atom stereocenters. The summed E-state index contributed by atoms with van der Waals surface area (Å²) in [7, 11) is 3.82. The topological polar surface area (TPSA) is 33.7 Å². The highest BCUT2D eigenvalue weighted by Crippen LogP contribution is 2.15. The number of hydrogen-bond donors (Lipinski definition) is 1. The van der Waals surface area contributed by atoms with Crippen molar-refractivity contribution < 1.29 is 9.47 Å². The van der Waals surface area contributed by atoms with Crippen LogP contribution in [0.1, 0.15) is 0 Å². The second-order valence-electron chi connectivity index (χ2n) is 4.35. The number of halogens is 1. The fourth-order valence-corrected chi connectivity index (χ4v) is 1.80. The van der Waals surface area contributed by atoms with Gasteiger partial charge in [0.05, 0.1) is 6.61 Å². The number of likely N-dealkylation sites (N-methyl/N-ethyl adjacent to an activating group) is 1. The van der Waals surface area contributed by atoms with Crippen LogP contribution in [0.4, 0.5) is 0 Å². The van der Waals surface area contributed by atoms with Gasteiger partial charge < -0.3 is 19.7 Å². The third-order valence-electron chi connectivity index (χ3n) is 2.71. The van der Waals surface area contributed by atoms with Crippen LogP contribution in [0.3, 0.4) is 0 Å². The molecule has 19 heavy (non-hydrogen) atoms. The predicted molar refractivity (Wildman–Crippen MR) is 81.9 cm³/mol. The molecule has 1 N–H and O–H groups in total. The highest BCUT2D eigenvalue weighted by molar-refractivity contribution is 9.10. The first kappa shape index (κ1) is 16.4. The summed E-state index contributed by atoms with van der Waals surface area (Å²) in [4.78, 5) is 2.25. The molecule has 0 aliphatic carbocycles. The molecule has 0 atom stereocenters. The normalized spacial score (nSPS) is 10.9. The summed E-state index contributed by atoms with van der Waals surface area (Å²) < 4.78 is 11.7. The number of ether oxygens (including phenoxy) is 2. The number of hydrogen-bond acceptors (Lipinski definition) is 4. The van der Waals surface area contributed by atoms with E-state index >= 15 is 0 Å². The van der Waals surface area contributed by atoms with E-state index in [1.807, 2.05) is 24.3 Å². The van der Waals surface area contributed by atoms with Crippen molar-refractivity contribution in [3.63, 3.8) is 0 Å². The third-order valence-corrected chi connectivity index (χ3v) is 3.24. The van der Waals surface area contributed by atoms with E-state index in [4.69, 9.17) is 9.47 Å². The summed E-state index contributed by atoms with van der Waals surface area (Å²) >= 11 is 3.40. The standard InChI is InChI=1S/C14H23BrN2O2/c1-17(9-7-16-8-11-18-2)10-12-19-14-5-3-13(15)4-6-14/h3-6,16H,7-12H2,1-2H3. The lowest BCUT2D eigenvalue weighted by Gasteiger charge is -2.17. The molecule has 0 saturated heterocycles. The van der Waals surface area contributed by atoms with E-state index in [-0.39, 0.29) is 0 Å². The van der Waals surface area contributed by atoms with Crippen molar-refractivity contribution in [1.29, 1.82) is 0 Å². The molecule has 0 aliphatic heterocycles. The van der Waals surface area contributed by atoms with Crippen LogP contribution in [0, 0.1) is 0 Å². The summed E-state index contributed by atoms with van der Waals surface area (Å²) in [5.74, 6) is 0.912. The maximum atomic E-state index is 5.67. The van der Waals surface area contributed by atoms with Gasteiger partial charge in [0.1, 0.15) is 12.4 Å². The van der Waals surface area contributed by atoms with Crippen molar-refractivity contribution in [2.24, 2.45) is 0 Å². The van der Waals surface area contributed by atoms with Gasteiger partial charge in [-0.3, -0.25) is 0 Å². The van der Waals surface area contributed by atoms with Crippen molar-refractivity contribution in [3.05, 3.63) is 28.7 Å². The quantitative estimate of drug-likeness (QED) is 0.665. The van der Waals surface area contributed by atoms with Gasteiger partial charge in [-0.2, -0.15) is 0 Å². The van der Waals surface area contributed by atoms with E-state index in [2.05, 4.69) is 33.2 Å². The molecule has 1 aromatic carbocycles. The lowest BCUT2D eigenvalue weighted by atomic mass is 10.3. The lowest BCUT2D eigenvalue weighted by Crippen LogP contribution is -2.33. The lowest BCUT2D eigenvalue weighted by molar-refractivity contribution is 0.196. The average Bonchev–Trinajstić information content (AvgIpc) is 2.41. The van der Waals surface area contributed by atoms with E-state index in [1.165, 1.54) is 0 Å². The maximum absolute atomic E-state index is 5.67. The second kappa shape index (κ2) is 10.2. The van der Waals surface area contributed by atoms with Crippen LogP contribution in [0.5, 0.6) is 5.75 Å². The molecule has 5 heteroatoms. The number of methoxy groups -OCH3 is 1. The average molecular weight is 331 g/mol. The van der Waals surface area contributed by atoms with Gasteiger partial charge in [0, 0.05) is 37.8 Å². The zero-order valence-corrected chi connectivity index (χ0v) is 13.3. The van der Waals surface area contributed by atoms with E-state index in [9.17, 15) is 0 Å². The van der Waals surface area contributed by atoms with Crippen molar-refractivity contribution in [2.45, 2.75) is 0 Å². The minimum Gasteiger partial charge on any atom is -0.492 e. The van der Waals surface area contributed by atoms with Gasteiger partial charge in [0.2, 0.25) is 0 Å². The molecule has 1 rings (SSSR count). The fraction of sp³-hybridized carbons (Fsp3) is 0.571. The molecule has 108 valence electrons. The molecular weight excluding hydrogens is 308 g/mol. The van der Waals surface area contributed by atoms with Crippen molar-refractivity contribution in [2.75, 3.05) is 53.6 Å². The van der Waals surface area contributed by atoms with Gasteiger partial charge in [-0.15, -0.1) is 0 Å². The monoisotopic (exact) mass is 330 g/mol. The first-order valence-electron chi connectivity index (χ1n) is 6.49. The summed E-state index contributed by atoms with van der Waals surface area (Å²) in [5, 5.41) is 3.32. The number of nitrogens with one attached hydrogen (secondary N) is 1. The van der Waals surface area contributed by atoms with Crippen LogP contribution in [0.25, 0.3) is 0 Å². The van der Waals surface area contributed by atoms with Crippen LogP contribution in [-0.4, -0.2) is 58.5 Å². The molecule has 0 amide bonds. The number of benzene rings is 1. The molecule has 0 aromatic heterocycles. The number of nitrogens with zero attached hydrogens (tertiary/aromatic N) is 1. The summed E-state index contributed by atoms with van der Waals surface area (Å²) in [6.45, 7) is 5.26. The highest BCUT2D eigenvalue weighted by atomic mass is 79.9. The van der Waals surface area contributed by atoms with Crippen LogP contribution in [0.15, 0.2) is 28.7 Å². The zero-order valence-electron chi connectivity index (χ0n) is 11.7. The minimum atomic E-state index is 0.705. The van der Waals surface area contributed by atoms with Gasteiger partial charge in [-0.25, -0.2) is 0 Å². The zero-order chi connectivity index (χ0) is 13.9. The Bertz CT molecular complexity index is 333. The molecule has 0 aliphatic rings. The second-order valence-corrected chi connectivity index (χ2v) is 5.26. The van der Waals surface area contributed by atoms with Crippen molar-refractivity contribution in [3.8, 4) is 5.75 Å². The molecule has 4 nitrogen and oxygen atoms in total. The minimum absolute atomic E-state index is 0.705. The molecule has 0 bridgehead atoms. The van der Waals surface area contributed by atoms with Gasteiger partial charge in [0.15, 0.2) is 0 Å². The molecule has 0 fully saturated rings. The SMILES string of the molecule is COCCNCCN(C)CCOc1ccc(Br)cc1. The Balaban J connectivity index is 2.03. The molecule has 0 spiro atoms. The number of rotatable bonds is 10. The van der Waals surface area contributed by atoms with E-state index < -0.39 is 0 Å². The van der Waals surface area contributed by atoms with Crippen molar-refractivity contribution in [1.82, 2.24) is 10.2 Å². The van der Waals surface area contributed by atoms with E-state index in [0.29, 0.717) is 6.61 Å². The van der Waals surface area contributed by atoms with E-state index in [1.54, 1.807) is 7.11 Å².